The molecular weight excluding hydrogens is 300 g/mol. The van der Waals surface area contributed by atoms with E-state index in [9.17, 15) is 9.90 Å². The largest absolute Gasteiger partial charge is 0.465 e. The standard InChI is InChI=1S/C20H24N2O2/c1-20(2,3)22(19(23)24)16-10-12-18-15(13-16)9-11-17(21-18)14-7-5-4-6-8-14/h4-8,10,12-13,17,21H,9,11H2,1-3H3,(H,23,24). The molecule has 0 saturated heterocycles. The van der Waals surface area contributed by atoms with Gasteiger partial charge in [-0.1, -0.05) is 30.3 Å². The number of aryl methyl sites for hydroxylation is 1. The third-order valence-electron chi connectivity index (χ3n) is 4.44. The van der Waals surface area contributed by atoms with Gasteiger partial charge in [-0.25, -0.2) is 4.79 Å². The van der Waals surface area contributed by atoms with Gasteiger partial charge in [0.1, 0.15) is 0 Å². The van der Waals surface area contributed by atoms with Crippen molar-refractivity contribution >= 4 is 17.5 Å². The molecule has 0 spiro atoms. The molecule has 2 N–H and O–H groups in total. The predicted molar refractivity (Wildman–Crippen MR) is 97.8 cm³/mol. The lowest BCUT2D eigenvalue weighted by molar-refractivity contribution is 0.195. The van der Waals surface area contributed by atoms with Gasteiger partial charge in [0.15, 0.2) is 0 Å². The molecule has 126 valence electrons. The average molecular weight is 324 g/mol. The molecule has 1 aliphatic rings. The summed E-state index contributed by atoms with van der Waals surface area (Å²) in [6.07, 6.45) is 1.02. The SMILES string of the molecule is CC(C)(C)N(C(=O)O)c1ccc2c(c1)CCC(c1ccccc1)N2. The van der Waals surface area contributed by atoms with Gasteiger partial charge in [-0.15, -0.1) is 0 Å². The van der Waals surface area contributed by atoms with Crippen molar-refractivity contribution in [2.75, 3.05) is 10.2 Å². The highest BCUT2D eigenvalue weighted by atomic mass is 16.4. The summed E-state index contributed by atoms with van der Waals surface area (Å²) < 4.78 is 0. The van der Waals surface area contributed by atoms with Crippen molar-refractivity contribution in [2.24, 2.45) is 0 Å². The fourth-order valence-corrected chi connectivity index (χ4v) is 3.35. The van der Waals surface area contributed by atoms with Crippen molar-refractivity contribution in [3.63, 3.8) is 0 Å². The van der Waals surface area contributed by atoms with E-state index in [1.807, 2.05) is 45.0 Å². The number of rotatable bonds is 2. The summed E-state index contributed by atoms with van der Waals surface area (Å²) in [5.74, 6) is 0. The summed E-state index contributed by atoms with van der Waals surface area (Å²) >= 11 is 0. The molecule has 0 aromatic heterocycles. The van der Waals surface area contributed by atoms with Crippen LogP contribution in [0.5, 0.6) is 0 Å². The van der Waals surface area contributed by atoms with Crippen LogP contribution in [0, 0.1) is 0 Å². The Labute approximate surface area is 143 Å². The number of nitrogens with one attached hydrogen (secondary N) is 1. The highest BCUT2D eigenvalue weighted by Crippen LogP contribution is 2.36. The number of anilines is 2. The number of carbonyl (C=O) groups is 1. The Balaban J connectivity index is 1.87. The summed E-state index contributed by atoms with van der Waals surface area (Å²) in [5.41, 5.74) is 3.81. The van der Waals surface area contributed by atoms with Crippen molar-refractivity contribution in [2.45, 2.75) is 45.2 Å². The number of hydrogen-bond donors (Lipinski definition) is 2. The number of nitrogens with zero attached hydrogens (tertiary/aromatic N) is 1. The summed E-state index contributed by atoms with van der Waals surface area (Å²) in [5, 5.41) is 13.1. The minimum absolute atomic E-state index is 0.308. The topological polar surface area (TPSA) is 52.6 Å². The molecule has 2 aromatic rings. The second-order valence-electron chi connectivity index (χ2n) is 7.28. The molecule has 0 bridgehead atoms. The Kier molecular flexibility index (Phi) is 4.22. The molecule has 1 unspecified atom stereocenters. The monoisotopic (exact) mass is 324 g/mol. The molecular formula is C20H24N2O2. The summed E-state index contributed by atoms with van der Waals surface area (Å²) in [6.45, 7) is 5.72. The number of carboxylic acid groups (broad SMARTS) is 1. The normalized spacial score (nSPS) is 16.9. The molecule has 4 heteroatoms. The minimum atomic E-state index is -0.923. The minimum Gasteiger partial charge on any atom is -0.465 e. The lowest BCUT2D eigenvalue weighted by atomic mass is 9.92. The van der Waals surface area contributed by atoms with E-state index < -0.39 is 11.6 Å². The number of fused-ring (bicyclic) bond motifs is 1. The van der Waals surface area contributed by atoms with Crippen LogP contribution in [-0.4, -0.2) is 16.7 Å². The Morgan fingerprint density at radius 2 is 1.88 bits per heavy atom. The van der Waals surface area contributed by atoms with E-state index in [0.29, 0.717) is 6.04 Å². The number of hydrogen-bond acceptors (Lipinski definition) is 2. The molecule has 2 aromatic carbocycles. The van der Waals surface area contributed by atoms with Crippen LogP contribution in [0.1, 0.15) is 44.4 Å². The van der Waals surface area contributed by atoms with Gasteiger partial charge in [0, 0.05) is 16.9 Å². The maximum atomic E-state index is 11.7. The second kappa shape index (κ2) is 6.19. The molecule has 0 radical (unpaired) electrons. The quantitative estimate of drug-likeness (QED) is 0.811. The molecule has 1 atom stereocenters. The van der Waals surface area contributed by atoms with Crippen LogP contribution in [0.15, 0.2) is 48.5 Å². The van der Waals surface area contributed by atoms with E-state index in [1.165, 1.54) is 16.0 Å². The molecule has 0 aliphatic carbocycles. The summed E-state index contributed by atoms with van der Waals surface area (Å²) in [6, 6.07) is 16.6. The van der Waals surface area contributed by atoms with Crippen molar-refractivity contribution in [3.05, 3.63) is 59.7 Å². The van der Waals surface area contributed by atoms with Gasteiger partial charge in [0.05, 0.1) is 6.04 Å². The van der Waals surface area contributed by atoms with Gasteiger partial charge in [-0.2, -0.15) is 0 Å². The van der Waals surface area contributed by atoms with E-state index in [-0.39, 0.29) is 0 Å². The molecule has 1 amide bonds. The first-order valence-corrected chi connectivity index (χ1v) is 8.34. The zero-order valence-corrected chi connectivity index (χ0v) is 14.4. The Bertz CT molecular complexity index is 735. The van der Waals surface area contributed by atoms with Crippen LogP contribution >= 0.6 is 0 Å². The smallest absolute Gasteiger partial charge is 0.412 e. The highest BCUT2D eigenvalue weighted by molar-refractivity contribution is 5.88. The first-order chi connectivity index (χ1) is 11.4. The van der Waals surface area contributed by atoms with Crippen LogP contribution in [0.3, 0.4) is 0 Å². The van der Waals surface area contributed by atoms with E-state index in [0.717, 1.165) is 24.2 Å². The van der Waals surface area contributed by atoms with Crippen LogP contribution in [0.25, 0.3) is 0 Å². The van der Waals surface area contributed by atoms with Crippen molar-refractivity contribution in [3.8, 4) is 0 Å². The van der Waals surface area contributed by atoms with Gasteiger partial charge >= 0.3 is 6.09 Å². The molecule has 1 aliphatic heterocycles. The van der Waals surface area contributed by atoms with Gasteiger partial charge in [0.2, 0.25) is 0 Å². The highest BCUT2D eigenvalue weighted by Gasteiger charge is 2.29. The summed E-state index contributed by atoms with van der Waals surface area (Å²) in [4.78, 5) is 13.1. The fraction of sp³-hybridized carbons (Fsp3) is 0.350. The van der Waals surface area contributed by atoms with Crippen LogP contribution < -0.4 is 10.2 Å². The zero-order chi connectivity index (χ0) is 17.3. The van der Waals surface area contributed by atoms with Crippen molar-refractivity contribution < 1.29 is 9.90 Å². The van der Waals surface area contributed by atoms with E-state index >= 15 is 0 Å². The van der Waals surface area contributed by atoms with Crippen molar-refractivity contribution in [1.29, 1.82) is 0 Å². The molecule has 0 saturated carbocycles. The first kappa shape index (κ1) is 16.4. The molecule has 4 nitrogen and oxygen atoms in total. The van der Waals surface area contributed by atoms with Crippen molar-refractivity contribution in [1.82, 2.24) is 0 Å². The van der Waals surface area contributed by atoms with Gasteiger partial charge < -0.3 is 10.4 Å². The Hall–Kier alpha value is -2.49. The number of amides is 1. The molecule has 24 heavy (non-hydrogen) atoms. The molecule has 0 fully saturated rings. The molecule has 1 heterocycles. The third-order valence-corrected chi connectivity index (χ3v) is 4.44. The maximum absolute atomic E-state index is 11.7. The molecule has 3 rings (SSSR count). The van der Waals surface area contributed by atoms with Crippen LogP contribution in [-0.2, 0) is 6.42 Å². The van der Waals surface area contributed by atoms with Crippen LogP contribution in [0.4, 0.5) is 16.2 Å². The van der Waals surface area contributed by atoms with Gasteiger partial charge in [0.25, 0.3) is 0 Å². The van der Waals surface area contributed by atoms with E-state index in [1.54, 1.807) is 0 Å². The van der Waals surface area contributed by atoms with E-state index in [2.05, 4.69) is 29.6 Å². The lowest BCUT2D eigenvalue weighted by Crippen LogP contribution is -2.45. The van der Waals surface area contributed by atoms with Crippen LogP contribution in [0.2, 0.25) is 0 Å². The second-order valence-corrected chi connectivity index (χ2v) is 7.28. The number of benzene rings is 2. The summed E-state index contributed by atoms with van der Waals surface area (Å²) in [7, 11) is 0. The van der Waals surface area contributed by atoms with Gasteiger partial charge in [-0.05, 0) is 62.9 Å². The van der Waals surface area contributed by atoms with Gasteiger partial charge in [-0.3, -0.25) is 4.90 Å². The van der Waals surface area contributed by atoms with E-state index in [4.69, 9.17) is 0 Å². The zero-order valence-electron chi connectivity index (χ0n) is 14.4. The Morgan fingerprint density at radius 3 is 2.50 bits per heavy atom. The fourth-order valence-electron chi connectivity index (χ4n) is 3.35. The lowest BCUT2D eigenvalue weighted by Gasteiger charge is -2.34. The average Bonchev–Trinajstić information content (AvgIpc) is 2.53. The first-order valence-electron chi connectivity index (χ1n) is 8.34. The third kappa shape index (κ3) is 3.23. The predicted octanol–water partition coefficient (Wildman–Crippen LogP) is 5.07. The Morgan fingerprint density at radius 1 is 1.17 bits per heavy atom. The maximum Gasteiger partial charge on any atom is 0.412 e.